The van der Waals surface area contributed by atoms with Crippen molar-refractivity contribution < 1.29 is 4.39 Å². The third-order valence-corrected chi connectivity index (χ3v) is 2.21. The Labute approximate surface area is 92.1 Å². The van der Waals surface area contributed by atoms with Gasteiger partial charge in [-0.1, -0.05) is 6.92 Å². The Morgan fingerprint density at radius 1 is 1.44 bits per heavy atom. The van der Waals surface area contributed by atoms with E-state index in [0.717, 1.165) is 6.42 Å². The average molecular weight is 221 g/mol. The van der Waals surface area contributed by atoms with Crippen molar-refractivity contribution in [2.24, 2.45) is 0 Å². The highest BCUT2D eigenvalue weighted by Crippen LogP contribution is 2.16. The molecular formula is C10H12FN5. The normalized spacial score (nSPS) is 10.6. The van der Waals surface area contributed by atoms with E-state index in [2.05, 4.69) is 15.5 Å². The Morgan fingerprint density at radius 3 is 2.94 bits per heavy atom. The summed E-state index contributed by atoms with van der Waals surface area (Å²) in [6.45, 7) is 2.01. The van der Waals surface area contributed by atoms with Crippen LogP contribution in [0.3, 0.4) is 0 Å². The van der Waals surface area contributed by atoms with Crippen molar-refractivity contribution in [3.8, 4) is 5.69 Å². The Kier molecular flexibility index (Phi) is 2.80. The number of anilines is 1. The Hall–Kier alpha value is -1.98. The van der Waals surface area contributed by atoms with Crippen molar-refractivity contribution >= 4 is 5.69 Å². The third kappa shape index (κ3) is 1.86. The number of aryl methyl sites for hydroxylation is 1. The summed E-state index contributed by atoms with van der Waals surface area (Å²) in [4.78, 5) is 0. The summed E-state index contributed by atoms with van der Waals surface area (Å²) in [6.07, 6.45) is 1.60. The van der Waals surface area contributed by atoms with Gasteiger partial charge in [0, 0.05) is 12.1 Å². The maximum atomic E-state index is 13.6. The van der Waals surface area contributed by atoms with Crippen molar-refractivity contribution in [1.29, 1.82) is 0 Å². The molecule has 1 aromatic heterocycles. The first-order valence-electron chi connectivity index (χ1n) is 5.05. The zero-order chi connectivity index (χ0) is 11.5. The molecule has 0 radical (unpaired) electrons. The predicted molar refractivity (Wildman–Crippen MR) is 57.5 cm³/mol. The number of aromatic nitrogens is 4. The highest BCUT2D eigenvalue weighted by molar-refractivity contribution is 5.46. The number of nitrogens with zero attached hydrogens (tertiary/aromatic N) is 4. The van der Waals surface area contributed by atoms with Crippen molar-refractivity contribution in [2.75, 3.05) is 5.73 Å². The summed E-state index contributed by atoms with van der Waals surface area (Å²) in [7, 11) is 0. The second-order valence-electron chi connectivity index (χ2n) is 3.47. The molecule has 0 unspecified atom stereocenters. The molecular weight excluding hydrogens is 209 g/mol. The van der Waals surface area contributed by atoms with Gasteiger partial charge in [-0.25, -0.2) is 4.39 Å². The molecule has 0 atom stereocenters. The number of rotatable bonds is 3. The van der Waals surface area contributed by atoms with E-state index in [-0.39, 0.29) is 0 Å². The van der Waals surface area contributed by atoms with Crippen LogP contribution in [0.2, 0.25) is 0 Å². The van der Waals surface area contributed by atoms with Gasteiger partial charge in [-0.05, 0) is 35.0 Å². The van der Waals surface area contributed by atoms with Gasteiger partial charge in [-0.15, -0.1) is 5.10 Å². The second-order valence-corrected chi connectivity index (χ2v) is 3.47. The SMILES string of the molecule is CCCc1nnnn1-c1ccc(N)cc1F. The number of tetrazole rings is 1. The zero-order valence-corrected chi connectivity index (χ0v) is 8.89. The minimum Gasteiger partial charge on any atom is -0.399 e. The molecule has 0 fully saturated rings. The van der Waals surface area contributed by atoms with Gasteiger partial charge in [-0.3, -0.25) is 0 Å². The molecule has 84 valence electrons. The fraction of sp³-hybridized carbons (Fsp3) is 0.300. The molecule has 1 heterocycles. The Morgan fingerprint density at radius 2 is 2.25 bits per heavy atom. The van der Waals surface area contributed by atoms with Crippen molar-refractivity contribution in [3.63, 3.8) is 0 Å². The average Bonchev–Trinajstić information content (AvgIpc) is 2.67. The van der Waals surface area contributed by atoms with Gasteiger partial charge in [0.1, 0.15) is 5.69 Å². The first-order valence-corrected chi connectivity index (χ1v) is 5.05. The molecule has 0 aliphatic heterocycles. The molecule has 0 saturated carbocycles. The summed E-state index contributed by atoms with van der Waals surface area (Å²) >= 11 is 0. The van der Waals surface area contributed by atoms with Crippen LogP contribution < -0.4 is 5.73 Å². The fourth-order valence-electron chi connectivity index (χ4n) is 1.47. The van der Waals surface area contributed by atoms with E-state index >= 15 is 0 Å². The van der Waals surface area contributed by atoms with E-state index in [4.69, 9.17) is 5.73 Å². The lowest BCUT2D eigenvalue weighted by Gasteiger charge is -2.05. The molecule has 2 N–H and O–H groups in total. The molecule has 0 aliphatic carbocycles. The van der Waals surface area contributed by atoms with E-state index in [1.54, 1.807) is 12.1 Å². The number of benzene rings is 1. The summed E-state index contributed by atoms with van der Waals surface area (Å²) in [6, 6.07) is 4.45. The number of hydrogen-bond acceptors (Lipinski definition) is 4. The summed E-state index contributed by atoms with van der Waals surface area (Å²) < 4.78 is 15.0. The molecule has 0 bridgehead atoms. The van der Waals surface area contributed by atoms with Crippen LogP contribution in [0, 0.1) is 5.82 Å². The minimum absolute atomic E-state index is 0.322. The Bertz CT molecular complexity index is 494. The molecule has 1 aromatic carbocycles. The number of halogens is 1. The highest BCUT2D eigenvalue weighted by atomic mass is 19.1. The zero-order valence-electron chi connectivity index (χ0n) is 8.89. The fourth-order valence-corrected chi connectivity index (χ4v) is 1.47. The first-order chi connectivity index (χ1) is 7.72. The van der Waals surface area contributed by atoms with Gasteiger partial charge in [0.15, 0.2) is 11.6 Å². The van der Waals surface area contributed by atoms with Crippen molar-refractivity contribution in [3.05, 3.63) is 29.8 Å². The van der Waals surface area contributed by atoms with Crippen LogP contribution in [-0.2, 0) is 6.42 Å². The van der Waals surface area contributed by atoms with Gasteiger partial charge in [0.05, 0.1) is 0 Å². The largest absolute Gasteiger partial charge is 0.399 e. The standard InChI is InChI=1S/C10H12FN5/c1-2-3-10-13-14-15-16(10)9-5-4-7(12)6-8(9)11/h4-6H,2-3,12H2,1H3. The van der Waals surface area contributed by atoms with Crippen molar-refractivity contribution in [1.82, 2.24) is 20.2 Å². The van der Waals surface area contributed by atoms with E-state index in [1.165, 1.54) is 10.7 Å². The first kappa shape index (κ1) is 10.5. The van der Waals surface area contributed by atoms with E-state index < -0.39 is 5.82 Å². The van der Waals surface area contributed by atoms with Crippen LogP contribution >= 0.6 is 0 Å². The lowest BCUT2D eigenvalue weighted by atomic mass is 10.2. The molecule has 2 rings (SSSR count). The third-order valence-electron chi connectivity index (χ3n) is 2.21. The number of nitrogen functional groups attached to an aromatic ring is 1. The summed E-state index contributed by atoms with van der Waals surface area (Å²) in [5, 5.41) is 11.2. The van der Waals surface area contributed by atoms with Gasteiger partial charge < -0.3 is 5.73 Å². The Balaban J connectivity index is 2.46. The van der Waals surface area contributed by atoms with Gasteiger partial charge >= 0.3 is 0 Å². The highest BCUT2D eigenvalue weighted by Gasteiger charge is 2.11. The molecule has 0 amide bonds. The quantitative estimate of drug-likeness (QED) is 0.794. The molecule has 6 heteroatoms. The molecule has 0 aliphatic rings. The van der Waals surface area contributed by atoms with Crippen LogP contribution in [0.1, 0.15) is 19.2 Å². The monoisotopic (exact) mass is 221 g/mol. The smallest absolute Gasteiger partial charge is 0.156 e. The van der Waals surface area contributed by atoms with E-state index in [1.807, 2.05) is 6.92 Å². The summed E-state index contributed by atoms with van der Waals surface area (Å²) in [5.74, 6) is 0.218. The lowest BCUT2D eigenvalue weighted by molar-refractivity contribution is 0.602. The van der Waals surface area contributed by atoms with Crippen LogP contribution in [0.4, 0.5) is 10.1 Å². The van der Waals surface area contributed by atoms with E-state index in [9.17, 15) is 4.39 Å². The van der Waals surface area contributed by atoms with Crippen LogP contribution in [0.5, 0.6) is 0 Å². The predicted octanol–water partition coefficient (Wildman–Crippen LogP) is 1.34. The van der Waals surface area contributed by atoms with Crippen LogP contribution in [0.25, 0.3) is 5.69 Å². The van der Waals surface area contributed by atoms with E-state index in [0.29, 0.717) is 23.6 Å². The topological polar surface area (TPSA) is 69.6 Å². The lowest BCUT2D eigenvalue weighted by Crippen LogP contribution is -2.05. The van der Waals surface area contributed by atoms with Gasteiger partial charge in [-0.2, -0.15) is 4.68 Å². The van der Waals surface area contributed by atoms with Gasteiger partial charge in [0.25, 0.3) is 0 Å². The molecule has 0 spiro atoms. The maximum Gasteiger partial charge on any atom is 0.156 e. The van der Waals surface area contributed by atoms with Gasteiger partial charge in [0.2, 0.25) is 0 Å². The van der Waals surface area contributed by atoms with Crippen molar-refractivity contribution in [2.45, 2.75) is 19.8 Å². The second kappa shape index (κ2) is 4.26. The maximum absolute atomic E-state index is 13.6. The molecule has 16 heavy (non-hydrogen) atoms. The molecule has 0 saturated heterocycles. The molecule has 2 aromatic rings. The van der Waals surface area contributed by atoms with Crippen LogP contribution in [-0.4, -0.2) is 20.2 Å². The minimum atomic E-state index is -0.426. The van der Waals surface area contributed by atoms with Crippen LogP contribution in [0.15, 0.2) is 18.2 Å². The summed E-state index contributed by atoms with van der Waals surface area (Å²) in [5.41, 5.74) is 6.18. The molecule has 5 nitrogen and oxygen atoms in total. The number of nitrogens with two attached hydrogens (primary N) is 1. The number of hydrogen-bond donors (Lipinski definition) is 1.